The van der Waals surface area contributed by atoms with E-state index in [0.717, 1.165) is 28.7 Å². The number of nitrogens with zero attached hydrogens (tertiary/aromatic N) is 1. The van der Waals surface area contributed by atoms with E-state index >= 15 is 0 Å². The van der Waals surface area contributed by atoms with Crippen LogP contribution in [0.15, 0.2) is 59.0 Å². The fourth-order valence-electron chi connectivity index (χ4n) is 3.02. The van der Waals surface area contributed by atoms with Gasteiger partial charge in [0, 0.05) is 41.7 Å². The van der Waals surface area contributed by atoms with E-state index in [0.29, 0.717) is 11.3 Å². The lowest BCUT2D eigenvalue weighted by Crippen LogP contribution is -2.33. The van der Waals surface area contributed by atoms with Gasteiger partial charge < -0.3 is 14.6 Å². The number of amides is 2. The molecule has 29 heavy (non-hydrogen) atoms. The summed E-state index contributed by atoms with van der Waals surface area (Å²) in [4.78, 5) is 26.1. The average molecular weight is 386 g/mol. The van der Waals surface area contributed by atoms with Gasteiger partial charge >= 0.3 is 0 Å². The molecule has 2 aromatic carbocycles. The van der Waals surface area contributed by atoms with Crippen LogP contribution in [0.2, 0.25) is 0 Å². The summed E-state index contributed by atoms with van der Waals surface area (Å²) in [6, 6.07) is 14.7. The number of nitrogens with one attached hydrogen (secondary N) is 1. The van der Waals surface area contributed by atoms with Crippen molar-refractivity contribution in [2.45, 2.75) is 13.3 Å². The number of rotatable bonds is 6. The van der Waals surface area contributed by atoms with Crippen molar-refractivity contribution in [3.8, 4) is 12.3 Å². The molecule has 0 saturated heterocycles. The first-order valence-electron chi connectivity index (χ1n) is 9.32. The van der Waals surface area contributed by atoms with Crippen molar-refractivity contribution in [2.24, 2.45) is 0 Å². The molecule has 0 bridgehead atoms. The number of carbonyl (C=O) groups is 2. The number of benzene rings is 2. The fourth-order valence-corrected chi connectivity index (χ4v) is 3.02. The first kappa shape index (κ1) is 20.0. The lowest BCUT2D eigenvalue weighted by atomic mass is 10.1. The van der Waals surface area contributed by atoms with Crippen LogP contribution >= 0.6 is 0 Å². The Kier molecular flexibility index (Phi) is 6.16. The summed E-state index contributed by atoms with van der Waals surface area (Å²) >= 11 is 0. The van der Waals surface area contributed by atoms with Gasteiger partial charge in [0.1, 0.15) is 11.3 Å². The van der Waals surface area contributed by atoms with Gasteiger partial charge in [-0.05, 0) is 30.3 Å². The summed E-state index contributed by atoms with van der Waals surface area (Å²) in [5.74, 6) is 2.77. The van der Waals surface area contributed by atoms with Crippen LogP contribution in [0, 0.1) is 12.3 Å². The van der Waals surface area contributed by atoms with Crippen LogP contribution in [0.3, 0.4) is 0 Å². The third-order valence-corrected chi connectivity index (χ3v) is 4.49. The van der Waals surface area contributed by atoms with Crippen LogP contribution in [0.1, 0.15) is 23.8 Å². The van der Waals surface area contributed by atoms with Gasteiger partial charge in [-0.2, -0.15) is 0 Å². The molecule has 3 rings (SSSR count). The van der Waals surface area contributed by atoms with Crippen LogP contribution in [-0.4, -0.2) is 30.3 Å². The molecule has 0 spiro atoms. The second-order valence-corrected chi connectivity index (χ2v) is 6.59. The van der Waals surface area contributed by atoms with E-state index in [1.807, 2.05) is 31.2 Å². The molecule has 0 aliphatic carbocycles. The van der Waals surface area contributed by atoms with E-state index in [1.165, 1.54) is 11.0 Å². The van der Waals surface area contributed by atoms with E-state index in [4.69, 9.17) is 10.8 Å². The van der Waals surface area contributed by atoms with Crippen molar-refractivity contribution in [3.05, 3.63) is 71.5 Å². The molecular formula is C24H22N2O3. The summed E-state index contributed by atoms with van der Waals surface area (Å²) in [6.07, 6.45) is 9.30. The standard InChI is InChI=1S/C24H22N2O3/c1-4-17-9-8-10-18(15-17)25-23(27)16-26(3)24(28)14-13-20-19-11-6-7-12-22(19)29-21(20)5-2/h1,6-15H,5,16H2,2-3H3,(H,25,27)/b14-13+. The molecule has 5 heteroatoms. The minimum atomic E-state index is -0.300. The van der Waals surface area contributed by atoms with Crippen molar-refractivity contribution in [1.82, 2.24) is 4.90 Å². The SMILES string of the molecule is C#Cc1cccc(NC(=O)CN(C)C(=O)/C=C/c2c(CC)oc3ccccc23)c1. The summed E-state index contributed by atoms with van der Waals surface area (Å²) in [5, 5.41) is 3.71. The molecule has 0 saturated carbocycles. The summed E-state index contributed by atoms with van der Waals surface area (Å²) in [5.41, 5.74) is 2.95. The molecule has 0 fully saturated rings. The number of para-hydroxylation sites is 1. The highest BCUT2D eigenvalue weighted by molar-refractivity contribution is 5.99. The molecule has 0 radical (unpaired) electrons. The zero-order chi connectivity index (χ0) is 20.8. The van der Waals surface area contributed by atoms with Gasteiger partial charge in [0.05, 0.1) is 6.54 Å². The molecule has 0 atom stereocenters. The van der Waals surface area contributed by atoms with Crippen LogP contribution in [-0.2, 0) is 16.0 Å². The van der Waals surface area contributed by atoms with E-state index in [1.54, 1.807) is 37.4 Å². The summed E-state index contributed by atoms with van der Waals surface area (Å²) in [6.45, 7) is 1.93. The Morgan fingerprint density at radius 1 is 1.21 bits per heavy atom. The second kappa shape index (κ2) is 8.94. The highest BCUT2D eigenvalue weighted by Crippen LogP contribution is 2.27. The Balaban J connectivity index is 1.66. The smallest absolute Gasteiger partial charge is 0.246 e. The molecule has 0 aliphatic heterocycles. The van der Waals surface area contributed by atoms with Crippen LogP contribution in [0.5, 0.6) is 0 Å². The number of terminal acetylenes is 1. The zero-order valence-electron chi connectivity index (χ0n) is 16.4. The molecule has 0 aliphatic rings. The van der Waals surface area contributed by atoms with Gasteiger partial charge in [-0.3, -0.25) is 9.59 Å². The number of carbonyl (C=O) groups excluding carboxylic acids is 2. The maximum atomic E-state index is 12.5. The monoisotopic (exact) mass is 386 g/mol. The molecule has 2 amide bonds. The number of likely N-dealkylation sites (N-methyl/N-ethyl adjacent to an activating group) is 1. The number of fused-ring (bicyclic) bond motifs is 1. The van der Waals surface area contributed by atoms with Crippen molar-refractivity contribution in [3.63, 3.8) is 0 Å². The predicted octanol–water partition coefficient (Wildman–Crippen LogP) is 4.09. The van der Waals surface area contributed by atoms with Gasteiger partial charge in [0.25, 0.3) is 0 Å². The van der Waals surface area contributed by atoms with Gasteiger partial charge in [0.2, 0.25) is 11.8 Å². The Bertz CT molecular complexity index is 1120. The molecule has 3 aromatic rings. The van der Waals surface area contributed by atoms with Gasteiger partial charge in [0.15, 0.2) is 0 Å². The van der Waals surface area contributed by atoms with Crippen molar-refractivity contribution in [1.29, 1.82) is 0 Å². The number of furan rings is 1. The lowest BCUT2D eigenvalue weighted by Gasteiger charge is -2.15. The zero-order valence-corrected chi connectivity index (χ0v) is 16.4. The highest BCUT2D eigenvalue weighted by atomic mass is 16.3. The van der Waals surface area contributed by atoms with Crippen LogP contribution < -0.4 is 5.32 Å². The topological polar surface area (TPSA) is 62.6 Å². The molecule has 1 N–H and O–H groups in total. The van der Waals surface area contributed by atoms with Crippen LogP contribution in [0.25, 0.3) is 17.0 Å². The van der Waals surface area contributed by atoms with Crippen molar-refractivity contribution >= 4 is 34.5 Å². The quantitative estimate of drug-likeness (QED) is 0.513. The number of hydrogen-bond donors (Lipinski definition) is 1. The number of aryl methyl sites for hydroxylation is 1. The van der Waals surface area contributed by atoms with Gasteiger partial charge in [-0.15, -0.1) is 6.42 Å². The third kappa shape index (κ3) is 4.74. The largest absolute Gasteiger partial charge is 0.460 e. The lowest BCUT2D eigenvalue weighted by molar-refractivity contribution is -0.129. The van der Waals surface area contributed by atoms with Crippen LogP contribution in [0.4, 0.5) is 5.69 Å². The molecule has 1 aromatic heterocycles. The molecular weight excluding hydrogens is 364 g/mol. The minimum Gasteiger partial charge on any atom is -0.460 e. The molecule has 1 heterocycles. The normalized spacial score (nSPS) is 10.8. The molecule has 0 unspecified atom stereocenters. The number of hydrogen-bond acceptors (Lipinski definition) is 3. The Hall–Kier alpha value is -3.78. The maximum Gasteiger partial charge on any atom is 0.246 e. The predicted molar refractivity (Wildman–Crippen MR) is 115 cm³/mol. The Morgan fingerprint density at radius 2 is 2.00 bits per heavy atom. The Morgan fingerprint density at radius 3 is 2.76 bits per heavy atom. The fraction of sp³-hybridized carbons (Fsp3) is 0.167. The molecule has 146 valence electrons. The van der Waals surface area contributed by atoms with E-state index < -0.39 is 0 Å². The maximum absolute atomic E-state index is 12.5. The Labute approximate surface area is 170 Å². The minimum absolute atomic E-state index is 0.0732. The van der Waals surface area contributed by atoms with E-state index in [9.17, 15) is 9.59 Å². The summed E-state index contributed by atoms with van der Waals surface area (Å²) < 4.78 is 5.84. The average Bonchev–Trinajstić information content (AvgIpc) is 3.09. The van der Waals surface area contributed by atoms with Gasteiger partial charge in [-0.25, -0.2) is 0 Å². The van der Waals surface area contributed by atoms with E-state index in [-0.39, 0.29) is 18.4 Å². The van der Waals surface area contributed by atoms with Gasteiger partial charge in [-0.1, -0.05) is 37.1 Å². The molecule has 5 nitrogen and oxygen atoms in total. The third-order valence-electron chi connectivity index (χ3n) is 4.49. The first-order chi connectivity index (χ1) is 14.0. The van der Waals surface area contributed by atoms with Crippen molar-refractivity contribution < 1.29 is 14.0 Å². The van der Waals surface area contributed by atoms with E-state index in [2.05, 4.69) is 11.2 Å². The summed E-state index contributed by atoms with van der Waals surface area (Å²) in [7, 11) is 1.58. The van der Waals surface area contributed by atoms with Crippen molar-refractivity contribution in [2.75, 3.05) is 18.9 Å². The number of anilines is 1. The highest BCUT2D eigenvalue weighted by Gasteiger charge is 2.13. The second-order valence-electron chi connectivity index (χ2n) is 6.59. The first-order valence-corrected chi connectivity index (χ1v) is 9.32.